The molecular formula is C13H13BrN4S. The molecule has 0 saturated carbocycles. The molecule has 0 spiro atoms. The fourth-order valence-electron chi connectivity index (χ4n) is 1.96. The summed E-state index contributed by atoms with van der Waals surface area (Å²) in [6, 6.07) is 4.54. The van der Waals surface area contributed by atoms with Gasteiger partial charge in [0.15, 0.2) is 5.65 Å². The molecule has 98 valence electrons. The normalized spacial score (nSPS) is 12.9. The molecule has 0 fully saturated rings. The van der Waals surface area contributed by atoms with E-state index in [9.17, 15) is 0 Å². The highest BCUT2D eigenvalue weighted by atomic mass is 79.9. The number of halogens is 1. The van der Waals surface area contributed by atoms with E-state index in [2.05, 4.69) is 55.3 Å². The molecule has 0 aliphatic carbocycles. The number of fused-ring (bicyclic) bond motifs is 1. The van der Waals surface area contributed by atoms with E-state index in [0.29, 0.717) is 6.04 Å². The topological polar surface area (TPSA) is 53.6 Å². The molecular weight excluding hydrogens is 324 g/mol. The van der Waals surface area contributed by atoms with Crippen molar-refractivity contribution in [2.45, 2.75) is 19.5 Å². The molecule has 0 aliphatic rings. The number of hydrogen-bond acceptors (Lipinski definition) is 4. The first-order valence-corrected chi connectivity index (χ1v) is 7.60. The summed E-state index contributed by atoms with van der Waals surface area (Å²) in [4.78, 5) is 13.1. The monoisotopic (exact) mass is 336 g/mol. The molecule has 3 aromatic rings. The lowest BCUT2D eigenvalue weighted by Gasteiger charge is -2.11. The number of aromatic nitrogens is 3. The Bertz CT molecular complexity index is 691. The van der Waals surface area contributed by atoms with Crippen LogP contribution >= 0.6 is 27.3 Å². The van der Waals surface area contributed by atoms with Crippen molar-refractivity contribution in [1.29, 1.82) is 0 Å². The third-order valence-electron chi connectivity index (χ3n) is 3.00. The largest absolute Gasteiger partial charge is 0.344 e. The van der Waals surface area contributed by atoms with Crippen LogP contribution in [-0.4, -0.2) is 15.0 Å². The lowest BCUT2D eigenvalue weighted by molar-refractivity contribution is 0.584. The molecule has 0 amide bonds. The first kappa shape index (κ1) is 12.8. The van der Waals surface area contributed by atoms with Gasteiger partial charge in [-0.05, 0) is 35.0 Å². The molecule has 3 heterocycles. The van der Waals surface area contributed by atoms with Crippen molar-refractivity contribution in [3.63, 3.8) is 0 Å². The van der Waals surface area contributed by atoms with Gasteiger partial charge in [-0.2, -0.15) is 0 Å². The van der Waals surface area contributed by atoms with E-state index in [1.807, 2.05) is 6.20 Å². The Labute approximate surface area is 123 Å². The first-order valence-electron chi connectivity index (χ1n) is 5.99. The predicted octanol–water partition coefficient (Wildman–Crippen LogP) is 3.63. The van der Waals surface area contributed by atoms with Crippen LogP contribution in [-0.2, 0) is 6.54 Å². The molecule has 0 saturated heterocycles. The minimum atomic E-state index is 0.318. The first-order chi connectivity index (χ1) is 9.24. The third-order valence-corrected chi connectivity index (χ3v) is 4.81. The van der Waals surface area contributed by atoms with E-state index >= 15 is 0 Å². The Hall–Kier alpha value is -1.24. The van der Waals surface area contributed by atoms with Gasteiger partial charge in [-0.1, -0.05) is 0 Å². The Morgan fingerprint density at radius 3 is 3.00 bits per heavy atom. The van der Waals surface area contributed by atoms with Gasteiger partial charge in [-0.15, -0.1) is 11.3 Å². The van der Waals surface area contributed by atoms with E-state index in [1.165, 1.54) is 4.88 Å². The van der Waals surface area contributed by atoms with Gasteiger partial charge in [0.05, 0.1) is 3.79 Å². The van der Waals surface area contributed by atoms with Crippen molar-refractivity contribution in [2.24, 2.45) is 0 Å². The summed E-state index contributed by atoms with van der Waals surface area (Å²) in [5.74, 6) is 0. The molecule has 19 heavy (non-hydrogen) atoms. The summed E-state index contributed by atoms with van der Waals surface area (Å²) in [6.45, 7) is 2.94. The van der Waals surface area contributed by atoms with Crippen LogP contribution in [0, 0.1) is 0 Å². The molecule has 1 atom stereocenters. The van der Waals surface area contributed by atoms with Crippen molar-refractivity contribution in [3.05, 3.63) is 45.0 Å². The van der Waals surface area contributed by atoms with Gasteiger partial charge in [0.1, 0.15) is 5.52 Å². The Balaban J connectivity index is 1.72. The summed E-state index contributed by atoms with van der Waals surface area (Å²) in [5, 5.41) is 3.51. The summed E-state index contributed by atoms with van der Waals surface area (Å²) >= 11 is 5.25. The molecule has 0 radical (unpaired) electrons. The predicted molar refractivity (Wildman–Crippen MR) is 81.2 cm³/mol. The Morgan fingerprint density at radius 2 is 2.21 bits per heavy atom. The number of aromatic amines is 1. The molecule has 0 aliphatic heterocycles. The van der Waals surface area contributed by atoms with Crippen molar-refractivity contribution in [2.75, 3.05) is 0 Å². The second-order valence-corrected chi connectivity index (χ2v) is 6.81. The second-order valence-electron chi connectivity index (χ2n) is 4.31. The maximum absolute atomic E-state index is 4.36. The van der Waals surface area contributed by atoms with Gasteiger partial charge in [-0.25, -0.2) is 4.98 Å². The van der Waals surface area contributed by atoms with Gasteiger partial charge in [0.2, 0.25) is 0 Å². The molecule has 6 heteroatoms. The van der Waals surface area contributed by atoms with Crippen molar-refractivity contribution >= 4 is 38.4 Å². The fourth-order valence-corrected chi connectivity index (χ4v) is 3.41. The fraction of sp³-hybridized carbons (Fsp3) is 0.231. The minimum Gasteiger partial charge on any atom is -0.344 e. The molecule has 4 nitrogen and oxygen atoms in total. The van der Waals surface area contributed by atoms with Crippen molar-refractivity contribution in [3.8, 4) is 0 Å². The zero-order valence-electron chi connectivity index (χ0n) is 10.4. The summed E-state index contributed by atoms with van der Waals surface area (Å²) in [6.07, 6.45) is 5.38. The van der Waals surface area contributed by atoms with E-state index in [0.717, 1.165) is 27.1 Å². The highest BCUT2D eigenvalue weighted by molar-refractivity contribution is 9.11. The third kappa shape index (κ3) is 2.70. The maximum atomic E-state index is 4.36. The number of hydrogen-bond donors (Lipinski definition) is 2. The van der Waals surface area contributed by atoms with E-state index in [-0.39, 0.29) is 0 Å². The SMILES string of the molecule is C[C@H](NCc1c[nH]c2nccnc12)c1ccc(Br)s1. The average Bonchev–Trinajstić information content (AvgIpc) is 3.02. The molecule has 0 unspecified atom stereocenters. The van der Waals surface area contributed by atoms with Gasteiger partial charge in [0.25, 0.3) is 0 Å². The van der Waals surface area contributed by atoms with Crippen molar-refractivity contribution in [1.82, 2.24) is 20.3 Å². The van der Waals surface area contributed by atoms with Crippen LogP contribution in [0.1, 0.15) is 23.4 Å². The summed E-state index contributed by atoms with van der Waals surface area (Å²) < 4.78 is 1.16. The average molecular weight is 337 g/mol. The molecule has 0 aromatic carbocycles. The number of nitrogens with zero attached hydrogens (tertiary/aromatic N) is 2. The zero-order valence-corrected chi connectivity index (χ0v) is 12.8. The standard InChI is InChI=1S/C13H13BrN4S/c1-8(10-2-3-11(14)19-10)17-6-9-7-18-13-12(9)15-4-5-16-13/h2-5,7-8,17H,6H2,1H3,(H,16,18)/t8-/m0/s1. The number of thiophene rings is 1. The highest BCUT2D eigenvalue weighted by Gasteiger charge is 2.10. The smallest absolute Gasteiger partial charge is 0.156 e. The summed E-state index contributed by atoms with van der Waals surface area (Å²) in [7, 11) is 0. The zero-order chi connectivity index (χ0) is 13.2. The van der Waals surface area contributed by atoms with Crippen LogP contribution in [0.25, 0.3) is 11.2 Å². The van der Waals surface area contributed by atoms with E-state index in [1.54, 1.807) is 23.7 Å². The summed E-state index contributed by atoms with van der Waals surface area (Å²) in [5.41, 5.74) is 2.92. The van der Waals surface area contributed by atoms with E-state index in [4.69, 9.17) is 0 Å². The number of nitrogens with one attached hydrogen (secondary N) is 2. The minimum absolute atomic E-state index is 0.318. The lowest BCUT2D eigenvalue weighted by Crippen LogP contribution is -2.17. The molecule has 2 N–H and O–H groups in total. The van der Waals surface area contributed by atoms with Crippen LogP contribution in [0.2, 0.25) is 0 Å². The number of rotatable bonds is 4. The quantitative estimate of drug-likeness (QED) is 0.764. The van der Waals surface area contributed by atoms with Gasteiger partial charge < -0.3 is 10.3 Å². The van der Waals surface area contributed by atoms with E-state index < -0.39 is 0 Å². The van der Waals surface area contributed by atoms with Gasteiger partial charge >= 0.3 is 0 Å². The Kier molecular flexibility index (Phi) is 3.63. The Morgan fingerprint density at radius 1 is 1.37 bits per heavy atom. The molecule has 3 rings (SSSR count). The van der Waals surface area contributed by atoms with Crippen LogP contribution < -0.4 is 5.32 Å². The molecule has 0 bridgehead atoms. The maximum Gasteiger partial charge on any atom is 0.156 e. The molecule has 3 aromatic heterocycles. The van der Waals surface area contributed by atoms with Crippen LogP contribution in [0.3, 0.4) is 0 Å². The lowest BCUT2D eigenvalue weighted by atomic mass is 10.2. The van der Waals surface area contributed by atoms with Gasteiger partial charge in [-0.3, -0.25) is 4.98 Å². The van der Waals surface area contributed by atoms with Crippen molar-refractivity contribution < 1.29 is 0 Å². The van der Waals surface area contributed by atoms with Gasteiger partial charge in [0, 0.05) is 41.6 Å². The van der Waals surface area contributed by atoms with Crippen LogP contribution in [0.15, 0.2) is 34.5 Å². The highest BCUT2D eigenvalue weighted by Crippen LogP contribution is 2.27. The van der Waals surface area contributed by atoms with Crippen LogP contribution in [0.5, 0.6) is 0 Å². The second kappa shape index (κ2) is 5.40. The number of H-pyrrole nitrogens is 1. The van der Waals surface area contributed by atoms with Crippen LogP contribution in [0.4, 0.5) is 0 Å².